The van der Waals surface area contributed by atoms with Gasteiger partial charge in [0.1, 0.15) is 0 Å². The van der Waals surface area contributed by atoms with Gasteiger partial charge in [0.05, 0.1) is 18.0 Å². The Labute approximate surface area is 151 Å². The van der Waals surface area contributed by atoms with E-state index in [4.69, 9.17) is 4.74 Å². The molecular formula is C17H31N3O4S. The van der Waals surface area contributed by atoms with Crippen molar-refractivity contribution in [3.05, 3.63) is 0 Å². The highest BCUT2D eigenvalue weighted by Gasteiger charge is 2.44. The number of nitrogens with zero attached hydrogens (tertiary/aromatic N) is 3. The minimum atomic E-state index is -3.08. The number of piperidine rings is 2. The van der Waals surface area contributed by atoms with E-state index in [1.165, 1.54) is 0 Å². The first kappa shape index (κ1) is 18.9. The van der Waals surface area contributed by atoms with Crippen molar-refractivity contribution < 1.29 is 17.9 Å². The summed E-state index contributed by atoms with van der Waals surface area (Å²) in [5.41, 5.74) is 0. The third kappa shape index (κ3) is 3.95. The van der Waals surface area contributed by atoms with Crippen molar-refractivity contribution >= 4 is 16.1 Å². The first-order valence-corrected chi connectivity index (χ1v) is 11.1. The number of carbonyl (C=O) groups excluding carboxylic acids is 1. The number of hydrogen-bond acceptors (Lipinski definition) is 4. The van der Waals surface area contributed by atoms with Crippen molar-refractivity contribution in [2.75, 3.05) is 32.9 Å². The summed E-state index contributed by atoms with van der Waals surface area (Å²) >= 11 is 0. The Bertz CT molecular complexity index is 573. The number of rotatable bonds is 4. The van der Waals surface area contributed by atoms with Gasteiger partial charge in [-0.2, -0.15) is 0 Å². The summed E-state index contributed by atoms with van der Waals surface area (Å²) in [5, 5.41) is 0. The minimum absolute atomic E-state index is 0.115. The molecule has 8 heteroatoms. The van der Waals surface area contributed by atoms with Gasteiger partial charge in [0.2, 0.25) is 10.0 Å². The van der Waals surface area contributed by atoms with Crippen molar-refractivity contribution in [3.63, 3.8) is 0 Å². The number of hydrogen-bond donors (Lipinski definition) is 0. The molecule has 3 rings (SSSR count). The van der Waals surface area contributed by atoms with E-state index in [2.05, 4.69) is 4.90 Å². The molecule has 3 saturated heterocycles. The topological polar surface area (TPSA) is 70.2 Å². The van der Waals surface area contributed by atoms with Crippen LogP contribution in [-0.4, -0.2) is 85.8 Å². The molecule has 3 aliphatic heterocycles. The summed E-state index contributed by atoms with van der Waals surface area (Å²) in [7, 11) is 0.535. The predicted molar refractivity (Wildman–Crippen MR) is 95.9 cm³/mol. The zero-order valence-corrected chi connectivity index (χ0v) is 16.4. The van der Waals surface area contributed by atoms with Crippen LogP contribution in [0, 0.1) is 0 Å². The van der Waals surface area contributed by atoms with Crippen molar-refractivity contribution in [1.29, 1.82) is 0 Å². The summed E-state index contributed by atoms with van der Waals surface area (Å²) in [6.07, 6.45) is 5.82. The van der Waals surface area contributed by atoms with Crippen LogP contribution in [0.2, 0.25) is 0 Å². The van der Waals surface area contributed by atoms with E-state index < -0.39 is 10.0 Å². The molecule has 0 aromatic heterocycles. The first-order chi connectivity index (χ1) is 11.8. The fourth-order valence-corrected chi connectivity index (χ4v) is 5.61. The maximum atomic E-state index is 12.4. The summed E-state index contributed by atoms with van der Waals surface area (Å²) in [6, 6.07) is 0.697. The Morgan fingerprint density at radius 2 is 1.60 bits per heavy atom. The Morgan fingerprint density at radius 3 is 2.08 bits per heavy atom. The van der Waals surface area contributed by atoms with E-state index in [1.807, 2.05) is 14.1 Å². The van der Waals surface area contributed by atoms with Gasteiger partial charge in [-0.25, -0.2) is 17.5 Å². The summed E-state index contributed by atoms with van der Waals surface area (Å²) < 4.78 is 31.8. The van der Waals surface area contributed by atoms with E-state index in [1.54, 1.807) is 16.1 Å². The Hall–Kier alpha value is -0.860. The van der Waals surface area contributed by atoms with E-state index in [-0.39, 0.29) is 24.0 Å². The summed E-state index contributed by atoms with van der Waals surface area (Å²) in [5.74, 6) is 0.167. The van der Waals surface area contributed by atoms with E-state index >= 15 is 0 Å². The highest BCUT2D eigenvalue weighted by atomic mass is 32.2. The first-order valence-electron chi connectivity index (χ1n) is 9.44. The lowest BCUT2D eigenvalue weighted by molar-refractivity contribution is -0.0685. The third-order valence-electron chi connectivity index (χ3n) is 5.84. The molecule has 3 atom stereocenters. The van der Waals surface area contributed by atoms with Crippen LogP contribution in [0.5, 0.6) is 0 Å². The second kappa shape index (κ2) is 7.40. The van der Waals surface area contributed by atoms with Gasteiger partial charge in [-0.1, -0.05) is 0 Å². The van der Waals surface area contributed by atoms with Gasteiger partial charge in [-0.05, 0) is 45.4 Å². The van der Waals surface area contributed by atoms with Gasteiger partial charge in [-0.15, -0.1) is 0 Å². The van der Waals surface area contributed by atoms with Crippen molar-refractivity contribution in [2.45, 2.75) is 69.7 Å². The molecular weight excluding hydrogens is 342 g/mol. The van der Waals surface area contributed by atoms with Crippen LogP contribution in [0.3, 0.4) is 0 Å². The molecule has 25 heavy (non-hydrogen) atoms. The molecule has 3 heterocycles. The van der Waals surface area contributed by atoms with Crippen molar-refractivity contribution in [2.24, 2.45) is 0 Å². The highest BCUT2D eigenvalue weighted by Crippen LogP contribution is 2.38. The molecule has 0 saturated carbocycles. The molecule has 0 N–H and O–H groups in total. The molecule has 0 radical (unpaired) electrons. The molecule has 7 nitrogen and oxygen atoms in total. The molecule has 2 bridgehead atoms. The SMILES string of the molecule is CCS(=O)(=O)N1CCC(OC2C[C@H]3CC[C@@H](C2)N3C(=O)N(C)C)CC1. The van der Waals surface area contributed by atoms with Crippen LogP contribution in [-0.2, 0) is 14.8 Å². The molecule has 144 valence electrons. The third-order valence-corrected chi connectivity index (χ3v) is 7.72. The maximum absolute atomic E-state index is 12.4. The average molecular weight is 374 g/mol. The van der Waals surface area contributed by atoms with E-state index in [9.17, 15) is 13.2 Å². The Balaban J connectivity index is 1.51. The predicted octanol–water partition coefficient (Wildman–Crippen LogP) is 1.49. The van der Waals surface area contributed by atoms with Gasteiger partial charge >= 0.3 is 6.03 Å². The van der Waals surface area contributed by atoms with Crippen LogP contribution in [0.15, 0.2) is 0 Å². The molecule has 3 fully saturated rings. The quantitative estimate of drug-likeness (QED) is 0.749. The molecule has 0 aromatic carbocycles. The van der Waals surface area contributed by atoms with Gasteiger partial charge < -0.3 is 14.5 Å². The zero-order valence-electron chi connectivity index (χ0n) is 15.6. The summed E-state index contributed by atoms with van der Waals surface area (Å²) in [4.78, 5) is 16.1. The van der Waals surface area contributed by atoms with E-state index in [0.29, 0.717) is 25.2 Å². The fraction of sp³-hybridized carbons (Fsp3) is 0.941. The number of amides is 2. The zero-order chi connectivity index (χ0) is 18.2. The molecule has 0 aliphatic carbocycles. The van der Waals surface area contributed by atoms with Gasteiger partial charge in [0, 0.05) is 39.3 Å². The van der Waals surface area contributed by atoms with Crippen LogP contribution in [0.25, 0.3) is 0 Å². The number of urea groups is 1. The second-order valence-corrected chi connectivity index (χ2v) is 9.96. The Morgan fingerprint density at radius 1 is 1.04 bits per heavy atom. The lowest BCUT2D eigenvalue weighted by Gasteiger charge is -2.41. The van der Waals surface area contributed by atoms with Gasteiger partial charge in [-0.3, -0.25) is 0 Å². The largest absolute Gasteiger partial charge is 0.375 e. The van der Waals surface area contributed by atoms with Crippen LogP contribution < -0.4 is 0 Å². The fourth-order valence-electron chi connectivity index (χ4n) is 4.48. The van der Waals surface area contributed by atoms with Crippen molar-refractivity contribution in [1.82, 2.24) is 14.1 Å². The highest BCUT2D eigenvalue weighted by molar-refractivity contribution is 7.89. The monoisotopic (exact) mass is 373 g/mol. The normalized spacial score (nSPS) is 31.3. The van der Waals surface area contributed by atoms with E-state index in [0.717, 1.165) is 38.5 Å². The van der Waals surface area contributed by atoms with Crippen molar-refractivity contribution in [3.8, 4) is 0 Å². The number of sulfonamides is 1. The standard InChI is InChI=1S/C17H31N3O4S/c1-4-25(22,23)19-9-7-15(8-10-19)24-16-11-13-5-6-14(12-16)20(13)17(21)18(2)3/h13-16H,4-12H2,1-3H3/t13-,14+,16?. The van der Waals surface area contributed by atoms with Crippen LogP contribution in [0.1, 0.15) is 45.4 Å². The average Bonchev–Trinajstić information content (AvgIpc) is 2.85. The minimum Gasteiger partial charge on any atom is -0.375 e. The van der Waals surface area contributed by atoms with Crippen LogP contribution >= 0.6 is 0 Å². The Kier molecular flexibility index (Phi) is 5.60. The summed E-state index contributed by atoms with van der Waals surface area (Å²) in [6.45, 7) is 2.81. The molecule has 1 unspecified atom stereocenters. The second-order valence-electron chi connectivity index (χ2n) is 7.70. The lowest BCUT2D eigenvalue weighted by Crippen LogP contribution is -2.52. The smallest absolute Gasteiger partial charge is 0.319 e. The molecule has 0 aromatic rings. The molecule has 2 amide bonds. The molecule has 0 spiro atoms. The molecule has 3 aliphatic rings. The number of ether oxygens (including phenoxy) is 1. The number of fused-ring (bicyclic) bond motifs is 2. The van der Waals surface area contributed by atoms with Gasteiger partial charge in [0.25, 0.3) is 0 Å². The van der Waals surface area contributed by atoms with Gasteiger partial charge in [0.15, 0.2) is 0 Å². The lowest BCUT2D eigenvalue weighted by atomic mass is 9.99. The maximum Gasteiger partial charge on any atom is 0.319 e. The van der Waals surface area contributed by atoms with Crippen LogP contribution in [0.4, 0.5) is 4.79 Å². The number of carbonyl (C=O) groups is 1.